The highest BCUT2D eigenvalue weighted by Gasteiger charge is 2.22. The first-order chi connectivity index (χ1) is 13.0. The summed E-state index contributed by atoms with van der Waals surface area (Å²) in [6.45, 7) is 4.24. The second-order valence-electron chi connectivity index (χ2n) is 7.08. The normalized spacial score (nSPS) is 14.9. The number of nitrogens with zero attached hydrogens (tertiary/aromatic N) is 2. The predicted octanol–water partition coefficient (Wildman–Crippen LogP) is 3.69. The lowest BCUT2D eigenvalue weighted by atomic mass is 10.1. The van der Waals surface area contributed by atoms with Crippen molar-refractivity contribution in [3.63, 3.8) is 0 Å². The molecule has 2 N–H and O–H groups in total. The van der Waals surface area contributed by atoms with Crippen molar-refractivity contribution in [2.45, 2.75) is 32.7 Å². The van der Waals surface area contributed by atoms with Crippen LogP contribution in [0, 0.1) is 18.7 Å². The van der Waals surface area contributed by atoms with Gasteiger partial charge in [0.25, 0.3) is 5.91 Å². The Balaban J connectivity index is 1.45. The number of hydrogen-bond acceptors (Lipinski definition) is 4. The van der Waals surface area contributed by atoms with E-state index in [1.165, 1.54) is 12.3 Å². The molecule has 4 rings (SSSR count). The number of benzene rings is 1. The fourth-order valence-electron chi connectivity index (χ4n) is 2.90. The summed E-state index contributed by atoms with van der Waals surface area (Å²) in [5.41, 5.74) is 2.53. The number of pyridine rings is 1. The van der Waals surface area contributed by atoms with E-state index in [2.05, 4.69) is 20.5 Å². The van der Waals surface area contributed by atoms with Crippen molar-refractivity contribution in [2.24, 2.45) is 5.92 Å². The van der Waals surface area contributed by atoms with Crippen molar-refractivity contribution in [1.82, 2.24) is 20.5 Å². The van der Waals surface area contributed by atoms with Gasteiger partial charge in [-0.15, -0.1) is 0 Å². The molecule has 1 fully saturated rings. The van der Waals surface area contributed by atoms with E-state index in [1.54, 1.807) is 18.2 Å². The van der Waals surface area contributed by atoms with E-state index < -0.39 is 5.82 Å². The number of aryl methyl sites for hydroxylation is 1. The quantitative estimate of drug-likeness (QED) is 0.695. The van der Waals surface area contributed by atoms with Gasteiger partial charge in [0.2, 0.25) is 0 Å². The third-order valence-electron chi connectivity index (χ3n) is 4.84. The molecule has 1 aromatic carbocycles. The molecule has 0 radical (unpaired) electrons. The lowest BCUT2D eigenvalue weighted by molar-refractivity contribution is 0.0939. The summed E-state index contributed by atoms with van der Waals surface area (Å²) in [5.74, 6) is 0.139. The minimum atomic E-state index is -0.411. The number of rotatable bonds is 6. The standard InChI is InChI=1S/C20H21FN4O2/c1-11(14-5-6-18(17(21)8-14)27-10-13-3-4-13)23-20(26)15-7-16-12(2)24-25-19(16)22-9-15/h5-9,11,13H,3-4,10H2,1-2H3,(H,23,26)(H,22,24,25)/t11-/m0/s1. The van der Waals surface area contributed by atoms with Crippen molar-refractivity contribution in [2.75, 3.05) is 6.61 Å². The second-order valence-corrected chi connectivity index (χ2v) is 7.08. The minimum absolute atomic E-state index is 0.259. The molecule has 6 nitrogen and oxygen atoms in total. The summed E-state index contributed by atoms with van der Waals surface area (Å²) in [6.07, 6.45) is 3.80. The number of aromatic amines is 1. The van der Waals surface area contributed by atoms with Crippen molar-refractivity contribution >= 4 is 16.9 Å². The molecule has 1 saturated carbocycles. The van der Waals surface area contributed by atoms with Crippen LogP contribution in [0.5, 0.6) is 5.75 Å². The van der Waals surface area contributed by atoms with E-state index in [0.29, 0.717) is 29.3 Å². The maximum atomic E-state index is 14.3. The van der Waals surface area contributed by atoms with Gasteiger partial charge in [-0.1, -0.05) is 6.07 Å². The Kier molecular flexibility index (Phi) is 4.51. The highest BCUT2D eigenvalue weighted by molar-refractivity contribution is 5.97. The first kappa shape index (κ1) is 17.5. The molecule has 27 heavy (non-hydrogen) atoms. The number of halogens is 1. The molecule has 1 amide bonds. The number of carbonyl (C=O) groups is 1. The predicted molar refractivity (Wildman–Crippen MR) is 99.1 cm³/mol. The second kappa shape index (κ2) is 6.98. The lowest BCUT2D eigenvalue weighted by Crippen LogP contribution is -2.26. The monoisotopic (exact) mass is 368 g/mol. The highest BCUT2D eigenvalue weighted by Crippen LogP contribution is 2.30. The van der Waals surface area contributed by atoms with Crippen LogP contribution in [-0.4, -0.2) is 27.7 Å². The van der Waals surface area contributed by atoms with Crippen molar-refractivity contribution in [3.8, 4) is 5.75 Å². The Labute approximate surface area is 156 Å². The smallest absolute Gasteiger partial charge is 0.253 e. The van der Waals surface area contributed by atoms with Gasteiger partial charge in [0.05, 0.1) is 18.2 Å². The molecule has 2 aromatic heterocycles. The molecular formula is C20H21FN4O2. The van der Waals surface area contributed by atoms with Gasteiger partial charge in [-0.05, 0) is 56.4 Å². The van der Waals surface area contributed by atoms with Crippen LogP contribution >= 0.6 is 0 Å². The third kappa shape index (κ3) is 3.77. The Morgan fingerprint density at radius 2 is 2.22 bits per heavy atom. The summed E-state index contributed by atoms with van der Waals surface area (Å²) in [4.78, 5) is 16.7. The van der Waals surface area contributed by atoms with Crippen LogP contribution < -0.4 is 10.1 Å². The average Bonchev–Trinajstić information content (AvgIpc) is 3.42. The summed E-state index contributed by atoms with van der Waals surface area (Å²) >= 11 is 0. The van der Waals surface area contributed by atoms with Crippen molar-refractivity contribution in [3.05, 3.63) is 53.1 Å². The fraction of sp³-hybridized carbons (Fsp3) is 0.350. The number of ether oxygens (including phenoxy) is 1. The average molecular weight is 368 g/mol. The van der Waals surface area contributed by atoms with Crippen LogP contribution in [0.4, 0.5) is 4.39 Å². The molecule has 140 valence electrons. The highest BCUT2D eigenvalue weighted by atomic mass is 19.1. The Morgan fingerprint density at radius 3 is 2.96 bits per heavy atom. The molecule has 0 spiro atoms. The maximum Gasteiger partial charge on any atom is 0.253 e. The molecular weight excluding hydrogens is 347 g/mol. The van der Waals surface area contributed by atoms with Gasteiger partial charge >= 0.3 is 0 Å². The lowest BCUT2D eigenvalue weighted by Gasteiger charge is -2.15. The van der Waals surface area contributed by atoms with E-state index in [-0.39, 0.29) is 17.7 Å². The Morgan fingerprint density at radius 1 is 1.41 bits per heavy atom. The first-order valence-electron chi connectivity index (χ1n) is 9.05. The molecule has 1 aliphatic rings. The SMILES string of the molecule is Cc1[nH]nc2ncc(C(=O)N[C@@H](C)c3ccc(OCC4CC4)c(F)c3)cc12. The number of hydrogen-bond donors (Lipinski definition) is 2. The van der Waals surface area contributed by atoms with E-state index >= 15 is 0 Å². The van der Waals surface area contributed by atoms with Crippen LogP contribution in [-0.2, 0) is 0 Å². The topological polar surface area (TPSA) is 79.9 Å². The van der Waals surface area contributed by atoms with Crippen LogP contribution in [0.1, 0.15) is 47.4 Å². The first-order valence-corrected chi connectivity index (χ1v) is 9.05. The molecule has 1 atom stereocenters. The summed E-state index contributed by atoms with van der Waals surface area (Å²) < 4.78 is 19.8. The van der Waals surface area contributed by atoms with E-state index in [1.807, 2.05) is 13.8 Å². The third-order valence-corrected chi connectivity index (χ3v) is 4.84. The van der Waals surface area contributed by atoms with Gasteiger partial charge in [-0.25, -0.2) is 9.37 Å². The number of amides is 1. The van der Waals surface area contributed by atoms with Gasteiger partial charge < -0.3 is 10.1 Å². The van der Waals surface area contributed by atoms with Crippen molar-refractivity contribution < 1.29 is 13.9 Å². The van der Waals surface area contributed by atoms with Crippen LogP contribution in [0.25, 0.3) is 11.0 Å². The van der Waals surface area contributed by atoms with E-state index in [9.17, 15) is 9.18 Å². The number of H-pyrrole nitrogens is 1. The number of nitrogens with one attached hydrogen (secondary N) is 2. The number of fused-ring (bicyclic) bond motifs is 1. The zero-order chi connectivity index (χ0) is 19.0. The van der Waals surface area contributed by atoms with E-state index in [4.69, 9.17) is 4.74 Å². The molecule has 0 saturated heterocycles. The maximum absolute atomic E-state index is 14.3. The Hall–Kier alpha value is -2.96. The molecule has 7 heteroatoms. The zero-order valence-corrected chi connectivity index (χ0v) is 15.3. The summed E-state index contributed by atoms with van der Waals surface area (Å²) in [6, 6.07) is 6.20. The van der Waals surface area contributed by atoms with Gasteiger partial charge in [0, 0.05) is 17.3 Å². The molecule has 1 aliphatic carbocycles. The van der Waals surface area contributed by atoms with Crippen LogP contribution in [0.3, 0.4) is 0 Å². The summed E-state index contributed by atoms with van der Waals surface area (Å²) in [7, 11) is 0. The largest absolute Gasteiger partial charge is 0.490 e. The van der Waals surface area contributed by atoms with Gasteiger partial charge in [-0.2, -0.15) is 5.10 Å². The van der Waals surface area contributed by atoms with Gasteiger partial charge in [0.1, 0.15) is 0 Å². The molecule has 0 bridgehead atoms. The zero-order valence-electron chi connectivity index (χ0n) is 15.3. The molecule has 0 unspecified atom stereocenters. The molecule has 2 heterocycles. The molecule has 3 aromatic rings. The Bertz CT molecular complexity index is 997. The van der Waals surface area contributed by atoms with Gasteiger partial charge in [0.15, 0.2) is 17.2 Å². The fourth-order valence-corrected chi connectivity index (χ4v) is 2.90. The van der Waals surface area contributed by atoms with Crippen molar-refractivity contribution in [1.29, 1.82) is 0 Å². The summed E-state index contributed by atoms with van der Waals surface area (Å²) in [5, 5.41) is 10.6. The number of carbonyl (C=O) groups excluding carboxylic acids is 1. The van der Waals surface area contributed by atoms with Crippen LogP contribution in [0.2, 0.25) is 0 Å². The molecule has 0 aliphatic heterocycles. The van der Waals surface area contributed by atoms with E-state index in [0.717, 1.165) is 23.9 Å². The minimum Gasteiger partial charge on any atom is -0.490 e. The van der Waals surface area contributed by atoms with Crippen LogP contribution in [0.15, 0.2) is 30.5 Å². The van der Waals surface area contributed by atoms with Gasteiger partial charge in [-0.3, -0.25) is 9.89 Å². The number of aromatic nitrogens is 3.